The van der Waals surface area contributed by atoms with Crippen molar-refractivity contribution in [2.24, 2.45) is 35.3 Å². The van der Waals surface area contributed by atoms with Crippen molar-refractivity contribution in [3.8, 4) is 0 Å². The number of nitrogens with two attached hydrogens (primary N) is 1. The second-order valence-electron chi connectivity index (χ2n) is 7.92. The first-order valence-electron chi connectivity index (χ1n) is 9.25. The van der Waals surface area contributed by atoms with Crippen molar-refractivity contribution in [3.63, 3.8) is 0 Å². The molecule has 2 bridgehead atoms. The van der Waals surface area contributed by atoms with Crippen molar-refractivity contribution in [2.45, 2.75) is 25.3 Å². The molecule has 3 saturated carbocycles. The van der Waals surface area contributed by atoms with Gasteiger partial charge in [0.2, 0.25) is 5.91 Å². The van der Waals surface area contributed by atoms with E-state index in [4.69, 9.17) is 5.73 Å². The average molecular weight is 357 g/mol. The van der Waals surface area contributed by atoms with Crippen molar-refractivity contribution in [2.75, 3.05) is 6.54 Å². The molecule has 3 aliphatic rings. The van der Waals surface area contributed by atoms with Gasteiger partial charge in [0.25, 0.3) is 0 Å². The maximum atomic E-state index is 12.8. The lowest BCUT2D eigenvalue weighted by Crippen LogP contribution is -2.35. The van der Waals surface area contributed by atoms with Gasteiger partial charge in [0, 0.05) is 12.5 Å². The Morgan fingerprint density at radius 3 is 2.44 bits per heavy atom. The van der Waals surface area contributed by atoms with Crippen LogP contribution in [-0.4, -0.2) is 12.5 Å². The van der Waals surface area contributed by atoms with Gasteiger partial charge in [-0.25, -0.2) is 0 Å². The highest BCUT2D eigenvalue weighted by Gasteiger charge is 2.67. The van der Waals surface area contributed by atoms with E-state index in [1.54, 1.807) is 0 Å². The van der Waals surface area contributed by atoms with Crippen LogP contribution in [0.2, 0.25) is 0 Å². The Labute approximate surface area is 154 Å². The lowest BCUT2D eigenvalue weighted by Gasteiger charge is -2.19. The molecule has 0 aromatic heterocycles. The molecular formula is C21H25ClN2O. The van der Waals surface area contributed by atoms with E-state index >= 15 is 0 Å². The molecule has 0 saturated heterocycles. The summed E-state index contributed by atoms with van der Waals surface area (Å²) >= 11 is 0. The van der Waals surface area contributed by atoms with Crippen molar-refractivity contribution in [1.29, 1.82) is 0 Å². The number of rotatable bonds is 4. The van der Waals surface area contributed by atoms with E-state index in [9.17, 15) is 4.79 Å². The van der Waals surface area contributed by atoms with E-state index in [2.05, 4.69) is 35.6 Å². The minimum atomic E-state index is -0.0823. The molecule has 0 spiro atoms. The zero-order valence-electron chi connectivity index (χ0n) is 14.2. The summed E-state index contributed by atoms with van der Waals surface area (Å²) < 4.78 is 0. The number of nitrogens with one attached hydrogen (secondary N) is 1. The van der Waals surface area contributed by atoms with Crippen LogP contribution in [0.15, 0.2) is 42.5 Å². The summed E-state index contributed by atoms with van der Waals surface area (Å²) in [5.74, 6) is 3.52. The van der Waals surface area contributed by atoms with Crippen molar-refractivity contribution in [1.82, 2.24) is 5.32 Å². The molecule has 4 heteroatoms. The highest BCUT2D eigenvalue weighted by molar-refractivity contribution is 5.85. The van der Waals surface area contributed by atoms with Crippen molar-refractivity contribution < 1.29 is 4.79 Å². The molecule has 1 amide bonds. The van der Waals surface area contributed by atoms with Gasteiger partial charge in [0.05, 0.1) is 6.04 Å². The first-order valence-corrected chi connectivity index (χ1v) is 9.25. The molecule has 3 nitrogen and oxygen atoms in total. The molecule has 5 unspecified atom stereocenters. The quantitative estimate of drug-likeness (QED) is 0.878. The zero-order chi connectivity index (χ0) is 16.3. The third-order valence-electron chi connectivity index (χ3n) is 6.77. The summed E-state index contributed by atoms with van der Waals surface area (Å²) in [5.41, 5.74) is 7.10. The average Bonchev–Trinajstić information content (AvgIpc) is 3.07. The third-order valence-corrected chi connectivity index (χ3v) is 6.77. The standard InChI is InChI=1S/C21H24N2O.ClH/c22-11-17(14-6-5-12-3-1-2-4-13(12)9-14)23-21(24)20-18-15-7-8-16(10-15)19(18)20;/h1-6,9,15-20H,7-8,10-11,22H2,(H,23,24);1H. The van der Waals surface area contributed by atoms with Crippen LogP contribution in [0.5, 0.6) is 0 Å². The smallest absolute Gasteiger partial charge is 0.224 e. The summed E-state index contributed by atoms with van der Waals surface area (Å²) in [6.07, 6.45) is 4.07. The Kier molecular flexibility index (Phi) is 4.25. The van der Waals surface area contributed by atoms with E-state index in [0.717, 1.165) is 17.4 Å². The lowest BCUT2D eigenvalue weighted by molar-refractivity contribution is -0.124. The summed E-state index contributed by atoms with van der Waals surface area (Å²) in [7, 11) is 0. The highest BCUT2D eigenvalue weighted by Crippen LogP contribution is 2.69. The molecule has 132 valence electrons. The normalized spacial score (nSPS) is 32.8. The Balaban J connectivity index is 0.00000157. The SMILES string of the molecule is Cl.NCC(NC(=O)C1C2C3CCC(C3)C12)c1ccc2ccccc2c1. The van der Waals surface area contributed by atoms with Gasteiger partial charge in [-0.2, -0.15) is 0 Å². The Bertz CT molecular complexity index is 791. The summed E-state index contributed by atoms with van der Waals surface area (Å²) in [6, 6.07) is 14.6. The largest absolute Gasteiger partial charge is 0.348 e. The van der Waals surface area contributed by atoms with Crippen molar-refractivity contribution in [3.05, 3.63) is 48.0 Å². The van der Waals surface area contributed by atoms with E-state index < -0.39 is 0 Å². The van der Waals surface area contributed by atoms with Gasteiger partial charge in [0.15, 0.2) is 0 Å². The van der Waals surface area contributed by atoms with Gasteiger partial charge in [-0.15, -0.1) is 12.4 Å². The van der Waals surface area contributed by atoms with Crippen molar-refractivity contribution >= 4 is 29.1 Å². The molecule has 2 aromatic carbocycles. The first-order chi connectivity index (χ1) is 11.8. The number of halogens is 1. The van der Waals surface area contributed by atoms with E-state index in [-0.39, 0.29) is 30.3 Å². The minimum absolute atomic E-state index is 0. The summed E-state index contributed by atoms with van der Waals surface area (Å²) in [6.45, 7) is 0.443. The molecule has 5 rings (SSSR count). The molecule has 2 aromatic rings. The second kappa shape index (κ2) is 6.30. The number of hydrogen-bond donors (Lipinski definition) is 2. The molecule has 5 atom stereocenters. The highest BCUT2D eigenvalue weighted by atomic mass is 35.5. The fourth-order valence-corrected chi connectivity index (χ4v) is 5.65. The first kappa shape index (κ1) is 16.9. The van der Waals surface area contributed by atoms with Crippen LogP contribution in [0, 0.1) is 29.6 Å². The summed E-state index contributed by atoms with van der Waals surface area (Å²) in [5, 5.41) is 5.66. The lowest BCUT2D eigenvalue weighted by atomic mass is 9.99. The fourth-order valence-electron chi connectivity index (χ4n) is 5.65. The fraction of sp³-hybridized carbons (Fsp3) is 0.476. The topological polar surface area (TPSA) is 55.1 Å². The predicted octanol–water partition coefficient (Wildman–Crippen LogP) is 3.67. The minimum Gasteiger partial charge on any atom is -0.348 e. The van der Waals surface area contributed by atoms with Gasteiger partial charge in [0.1, 0.15) is 0 Å². The van der Waals surface area contributed by atoms with E-state index in [1.165, 1.54) is 30.0 Å². The number of hydrogen-bond acceptors (Lipinski definition) is 2. The van der Waals surface area contributed by atoms with Crippen LogP contribution in [0.4, 0.5) is 0 Å². The molecule has 0 radical (unpaired) electrons. The number of carbonyl (C=O) groups excluding carboxylic acids is 1. The van der Waals surface area contributed by atoms with Crippen LogP contribution in [0.3, 0.4) is 0 Å². The van der Waals surface area contributed by atoms with E-state index in [0.29, 0.717) is 18.4 Å². The Morgan fingerprint density at radius 1 is 1.08 bits per heavy atom. The second-order valence-corrected chi connectivity index (χ2v) is 7.92. The third kappa shape index (κ3) is 2.65. The number of benzene rings is 2. The predicted molar refractivity (Wildman–Crippen MR) is 102 cm³/mol. The summed E-state index contributed by atoms with van der Waals surface area (Å²) in [4.78, 5) is 12.8. The van der Waals surface area contributed by atoms with Gasteiger partial charge < -0.3 is 11.1 Å². The Hall–Kier alpha value is -1.58. The van der Waals surface area contributed by atoms with Crippen LogP contribution in [0.25, 0.3) is 10.8 Å². The molecule has 3 N–H and O–H groups in total. The molecular weight excluding hydrogens is 332 g/mol. The number of fused-ring (bicyclic) bond motifs is 6. The molecule has 25 heavy (non-hydrogen) atoms. The number of carbonyl (C=O) groups is 1. The molecule has 3 fully saturated rings. The molecule has 0 aliphatic heterocycles. The van der Waals surface area contributed by atoms with E-state index in [1.807, 2.05) is 12.1 Å². The molecule has 3 aliphatic carbocycles. The van der Waals surface area contributed by atoms with Gasteiger partial charge in [-0.1, -0.05) is 36.4 Å². The van der Waals surface area contributed by atoms with Crippen LogP contribution < -0.4 is 11.1 Å². The van der Waals surface area contributed by atoms with Crippen LogP contribution >= 0.6 is 12.4 Å². The maximum Gasteiger partial charge on any atom is 0.224 e. The van der Waals surface area contributed by atoms with Gasteiger partial charge >= 0.3 is 0 Å². The molecule has 0 heterocycles. The van der Waals surface area contributed by atoms with Gasteiger partial charge in [-0.05, 0) is 65.3 Å². The maximum absolute atomic E-state index is 12.8. The van der Waals surface area contributed by atoms with Crippen LogP contribution in [0.1, 0.15) is 30.9 Å². The van der Waals surface area contributed by atoms with Crippen LogP contribution in [-0.2, 0) is 4.79 Å². The Morgan fingerprint density at radius 2 is 1.76 bits per heavy atom. The number of amides is 1. The zero-order valence-corrected chi connectivity index (χ0v) is 15.0. The van der Waals surface area contributed by atoms with Gasteiger partial charge in [-0.3, -0.25) is 4.79 Å². The monoisotopic (exact) mass is 356 g/mol.